The average molecular weight is 331 g/mol. The quantitative estimate of drug-likeness (QED) is 0.796. The molecule has 0 bridgehead atoms. The zero-order valence-corrected chi connectivity index (χ0v) is 13.6. The second-order valence-electron chi connectivity index (χ2n) is 6.17. The van der Waals surface area contributed by atoms with E-state index in [2.05, 4.69) is 27.1 Å². The Bertz CT molecular complexity index is 979. The molecule has 0 atom stereocenters. The van der Waals surface area contributed by atoms with Crippen LogP contribution in [-0.2, 0) is 19.5 Å². The summed E-state index contributed by atoms with van der Waals surface area (Å²) >= 11 is 0. The van der Waals surface area contributed by atoms with E-state index in [1.807, 2.05) is 24.3 Å². The third-order valence-corrected chi connectivity index (χ3v) is 4.49. The van der Waals surface area contributed by atoms with Crippen LogP contribution in [0.15, 0.2) is 53.5 Å². The molecule has 2 aromatic heterocycles. The molecule has 1 aliphatic heterocycles. The van der Waals surface area contributed by atoms with E-state index in [-0.39, 0.29) is 5.56 Å². The van der Waals surface area contributed by atoms with E-state index in [0.717, 1.165) is 30.8 Å². The monoisotopic (exact) mass is 331 g/mol. The van der Waals surface area contributed by atoms with Crippen LogP contribution in [0.25, 0.3) is 5.82 Å². The summed E-state index contributed by atoms with van der Waals surface area (Å²) in [5.74, 6) is 0.507. The molecule has 3 heterocycles. The van der Waals surface area contributed by atoms with Gasteiger partial charge in [0.05, 0.1) is 11.3 Å². The lowest BCUT2D eigenvalue weighted by molar-refractivity contribution is 0.242. The lowest BCUT2D eigenvalue weighted by atomic mass is 10.1. The van der Waals surface area contributed by atoms with Crippen LogP contribution >= 0.6 is 0 Å². The van der Waals surface area contributed by atoms with Crippen molar-refractivity contribution in [2.75, 3.05) is 6.54 Å². The lowest BCUT2D eigenvalue weighted by Crippen LogP contribution is -2.31. The van der Waals surface area contributed by atoms with Gasteiger partial charge in [0.1, 0.15) is 6.07 Å². The van der Waals surface area contributed by atoms with E-state index >= 15 is 0 Å². The number of nitriles is 1. The second kappa shape index (κ2) is 6.38. The summed E-state index contributed by atoms with van der Waals surface area (Å²) < 4.78 is 1.47. The number of nitrogens with zero attached hydrogens (tertiary/aromatic N) is 4. The topological polar surface area (TPSA) is 77.7 Å². The summed E-state index contributed by atoms with van der Waals surface area (Å²) in [6.07, 6.45) is 2.20. The van der Waals surface area contributed by atoms with Crippen molar-refractivity contribution in [1.82, 2.24) is 19.7 Å². The standard InChI is InChI=1S/C19H17N5O/c20-10-15-6-7-18(21-11-15)24-19(25)16-8-9-23(13-17(16)22-24)12-14-4-2-1-3-5-14/h1-7,11,22H,8-9,12-13H2. The molecule has 0 radical (unpaired) electrons. The minimum absolute atomic E-state index is 0.0495. The molecule has 0 saturated heterocycles. The van der Waals surface area contributed by atoms with Crippen molar-refractivity contribution >= 4 is 0 Å². The van der Waals surface area contributed by atoms with E-state index in [1.165, 1.54) is 16.4 Å². The second-order valence-corrected chi connectivity index (χ2v) is 6.17. The Morgan fingerprint density at radius 1 is 1.20 bits per heavy atom. The van der Waals surface area contributed by atoms with Crippen LogP contribution in [0.4, 0.5) is 0 Å². The molecule has 1 aromatic carbocycles. The minimum atomic E-state index is -0.0495. The molecule has 0 aliphatic carbocycles. The van der Waals surface area contributed by atoms with Crippen LogP contribution in [0.5, 0.6) is 0 Å². The first kappa shape index (κ1) is 15.4. The summed E-state index contributed by atoms with van der Waals surface area (Å²) in [6.45, 7) is 2.43. The van der Waals surface area contributed by atoms with Crippen molar-refractivity contribution < 1.29 is 0 Å². The molecular weight excluding hydrogens is 314 g/mol. The van der Waals surface area contributed by atoms with Crippen molar-refractivity contribution in [2.24, 2.45) is 0 Å². The van der Waals surface area contributed by atoms with Gasteiger partial charge >= 0.3 is 0 Å². The first-order chi connectivity index (χ1) is 12.2. The fourth-order valence-corrected chi connectivity index (χ4v) is 3.20. The number of aromatic nitrogens is 3. The average Bonchev–Trinajstić information content (AvgIpc) is 2.99. The highest BCUT2D eigenvalue weighted by Gasteiger charge is 2.23. The van der Waals surface area contributed by atoms with Crippen LogP contribution < -0.4 is 5.56 Å². The molecule has 4 rings (SSSR count). The summed E-state index contributed by atoms with van der Waals surface area (Å²) in [6, 6.07) is 15.7. The minimum Gasteiger partial charge on any atom is -0.293 e. The van der Waals surface area contributed by atoms with Gasteiger partial charge in [-0.15, -0.1) is 0 Å². The molecule has 124 valence electrons. The Morgan fingerprint density at radius 2 is 2.04 bits per heavy atom. The summed E-state index contributed by atoms with van der Waals surface area (Å²) in [5, 5.41) is 12.1. The largest absolute Gasteiger partial charge is 0.293 e. The summed E-state index contributed by atoms with van der Waals surface area (Å²) in [5.41, 5.74) is 3.46. The molecule has 25 heavy (non-hydrogen) atoms. The van der Waals surface area contributed by atoms with Crippen LogP contribution in [0.2, 0.25) is 0 Å². The normalized spacial score (nSPS) is 14.0. The van der Waals surface area contributed by atoms with Crippen molar-refractivity contribution in [2.45, 2.75) is 19.5 Å². The predicted octanol–water partition coefficient (Wildman–Crippen LogP) is 1.99. The number of nitrogens with one attached hydrogen (secondary N) is 1. The van der Waals surface area contributed by atoms with Crippen molar-refractivity contribution in [3.63, 3.8) is 0 Å². The van der Waals surface area contributed by atoms with Gasteiger partial charge in [0.25, 0.3) is 5.56 Å². The summed E-state index contributed by atoms with van der Waals surface area (Å²) in [7, 11) is 0. The number of hydrogen-bond donors (Lipinski definition) is 1. The van der Waals surface area contributed by atoms with Crippen molar-refractivity contribution in [3.05, 3.63) is 81.4 Å². The van der Waals surface area contributed by atoms with E-state index < -0.39 is 0 Å². The van der Waals surface area contributed by atoms with Gasteiger partial charge in [0.2, 0.25) is 0 Å². The molecule has 6 heteroatoms. The van der Waals surface area contributed by atoms with E-state index in [4.69, 9.17) is 5.26 Å². The Hall–Kier alpha value is -3.17. The number of benzene rings is 1. The fourth-order valence-electron chi connectivity index (χ4n) is 3.20. The van der Waals surface area contributed by atoms with Crippen LogP contribution in [0.1, 0.15) is 22.4 Å². The number of fused-ring (bicyclic) bond motifs is 1. The van der Waals surface area contributed by atoms with Gasteiger partial charge in [0.15, 0.2) is 5.82 Å². The lowest BCUT2D eigenvalue weighted by Gasteiger charge is -2.25. The molecule has 0 unspecified atom stereocenters. The molecule has 1 aliphatic rings. The summed E-state index contributed by atoms with van der Waals surface area (Å²) in [4.78, 5) is 19.2. The first-order valence-corrected chi connectivity index (χ1v) is 8.20. The van der Waals surface area contributed by atoms with Gasteiger partial charge < -0.3 is 0 Å². The highest BCUT2D eigenvalue weighted by molar-refractivity contribution is 5.33. The van der Waals surface area contributed by atoms with E-state index in [1.54, 1.807) is 12.1 Å². The maximum absolute atomic E-state index is 12.6. The first-order valence-electron chi connectivity index (χ1n) is 8.20. The van der Waals surface area contributed by atoms with Gasteiger partial charge in [-0.05, 0) is 24.1 Å². The van der Waals surface area contributed by atoms with Gasteiger partial charge in [-0.3, -0.25) is 14.8 Å². The fraction of sp³-hybridized carbons (Fsp3) is 0.211. The number of rotatable bonds is 3. The number of pyridine rings is 1. The molecular formula is C19H17N5O. The van der Waals surface area contributed by atoms with Gasteiger partial charge in [0, 0.05) is 31.4 Å². The third-order valence-electron chi connectivity index (χ3n) is 4.49. The highest BCUT2D eigenvalue weighted by Crippen LogP contribution is 2.17. The predicted molar refractivity (Wildman–Crippen MR) is 93.2 cm³/mol. The Balaban J connectivity index is 1.59. The molecule has 6 nitrogen and oxygen atoms in total. The van der Waals surface area contributed by atoms with Crippen LogP contribution in [-0.4, -0.2) is 26.2 Å². The Labute approximate surface area is 145 Å². The Morgan fingerprint density at radius 3 is 2.76 bits per heavy atom. The van der Waals surface area contributed by atoms with E-state index in [9.17, 15) is 4.79 Å². The highest BCUT2D eigenvalue weighted by atomic mass is 16.1. The van der Waals surface area contributed by atoms with E-state index in [0.29, 0.717) is 17.9 Å². The SMILES string of the molecule is N#Cc1ccc(-n2[nH]c3c(c2=O)CCN(Cc2ccccc2)C3)nc1. The number of hydrogen-bond acceptors (Lipinski definition) is 4. The molecule has 0 fully saturated rings. The van der Waals surface area contributed by atoms with Gasteiger partial charge in [-0.25, -0.2) is 9.67 Å². The molecule has 0 amide bonds. The molecule has 1 N–H and O–H groups in total. The third kappa shape index (κ3) is 2.97. The van der Waals surface area contributed by atoms with Crippen LogP contribution in [0.3, 0.4) is 0 Å². The molecule has 0 saturated carbocycles. The molecule has 3 aromatic rings. The van der Waals surface area contributed by atoms with Gasteiger partial charge in [-0.1, -0.05) is 30.3 Å². The maximum Gasteiger partial charge on any atom is 0.276 e. The zero-order chi connectivity index (χ0) is 17.2. The Kier molecular flexibility index (Phi) is 3.92. The maximum atomic E-state index is 12.6. The number of aromatic amines is 1. The van der Waals surface area contributed by atoms with Crippen molar-refractivity contribution in [3.8, 4) is 11.9 Å². The van der Waals surface area contributed by atoms with Crippen LogP contribution in [0, 0.1) is 11.3 Å². The molecule has 0 spiro atoms. The smallest absolute Gasteiger partial charge is 0.276 e. The van der Waals surface area contributed by atoms with Gasteiger partial charge in [-0.2, -0.15) is 5.26 Å². The van der Waals surface area contributed by atoms with Crippen molar-refractivity contribution in [1.29, 1.82) is 5.26 Å². The number of H-pyrrole nitrogens is 1. The zero-order valence-electron chi connectivity index (χ0n) is 13.6.